The highest BCUT2D eigenvalue weighted by Gasteiger charge is 2.27. The molecule has 5 nitrogen and oxygen atoms in total. The molecule has 0 unspecified atom stereocenters. The fraction of sp³-hybridized carbons (Fsp3) is 0.385. The van der Waals surface area contributed by atoms with Crippen LogP contribution in [0.5, 0.6) is 0 Å². The summed E-state index contributed by atoms with van der Waals surface area (Å²) in [5, 5.41) is 11.9. The number of benzene rings is 1. The molecule has 0 saturated heterocycles. The molecule has 2 atom stereocenters. The molecule has 0 aromatic heterocycles. The van der Waals surface area contributed by atoms with Crippen LogP contribution in [0.1, 0.15) is 25.5 Å². The number of carbonyl (C=O) groups excluding carboxylic acids is 1. The first-order chi connectivity index (χ1) is 8.84. The maximum Gasteiger partial charge on any atom is 0.330 e. The van der Waals surface area contributed by atoms with Crippen molar-refractivity contribution in [1.82, 2.24) is 5.32 Å². The van der Waals surface area contributed by atoms with Crippen molar-refractivity contribution in [1.29, 1.82) is 0 Å². The standard InChI is InChI=1S/C13H17ClN2O3/c1-7(2)10(15)12(17)16-11(13(18)19)8-5-3-4-6-9(8)14/h3-7,10-11H,15H2,1-2H3,(H,16,17)(H,18,19)/t10-,11+/m0/s1. The number of halogens is 1. The average molecular weight is 285 g/mol. The highest BCUT2D eigenvalue weighted by molar-refractivity contribution is 6.31. The lowest BCUT2D eigenvalue weighted by Crippen LogP contribution is -2.46. The summed E-state index contributed by atoms with van der Waals surface area (Å²) >= 11 is 5.94. The second-order valence-corrected chi connectivity index (χ2v) is 4.98. The number of carbonyl (C=O) groups is 2. The van der Waals surface area contributed by atoms with Crippen molar-refractivity contribution in [3.8, 4) is 0 Å². The minimum Gasteiger partial charge on any atom is -0.479 e. The van der Waals surface area contributed by atoms with Gasteiger partial charge in [0.25, 0.3) is 0 Å². The molecule has 6 heteroatoms. The largest absolute Gasteiger partial charge is 0.479 e. The van der Waals surface area contributed by atoms with Crippen molar-refractivity contribution in [3.63, 3.8) is 0 Å². The van der Waals surface area contributed by atoms with E-state index in [1.54, 1.807) is 38.1 Å². The van der Waals surface area contributed by atoms with Gasteiger partial charge in [-0.2, -0.15) is 0 Å². The zero-order valence-electron chi connectivity index (χ0n) is 10.8. The predicted molar refractivity (Wildman–Crippen MR) is 72.8 cm³/mol. The third-order valence-corrected chi connectivity index (χ3v) is 3.11. The third-order valence-electron chi connectivity index (χ3n) is 2.77. The topological polar surface area (TPSA) is 92.4 Å². The third kappa shape index (κ3) is 3.94. The molecule has 0 heterocycles. The maximum absolute atomic E-state index is 11.8. The normalized spacial score (nSPS) is 13.9. The van der Waals surface area contributed by atoms with E-state index in [4.69, 9.17) is 17.3 Å². The lowest BCUT2D eigenvalue weighted by molar-refractivity contribution is -0.142. The number of nitrogens with one attached hydrogen (secondary N) is 1. The van der Waals surface area contributed by atoms with Gasteiger partial charge in [-0.15, -0.1) is 0 Å². The Kier molecular flexibility index (Phi) is 5.32. The monoisotopic (exact) mass is 284 g/mol. The smallest absolute Gasteiger partial charge is 0.330 e. The number of rotatable bonds is 5. The summed E-state index contributed by atoms with van der Waals surface area (Å²) in [7, 11) is 0. The molecular formula is C13H17ClN2O3. The van der Waals surface area contributed by atoms with E-state index in [0.29, 0.717) is 5.56 Å². The zero-order chi connectivity index (χ0) is 14.6. The molecule has 0 aliphatic carbocycles. The van der Waals surface area contributed by atoms with Gasteiger partial charge in [0.2, 0.25) is 5.91 Å². The zero-order valence-corrected chi connectivity index (χ0v) is 11.5. The molecule has 0 bridgehead atoms. The highest BCUT2D eigenvalue weighted by Crippen LogP contribution is 2.23. The summed E-state index contributed by atoms with van der Waals surface area (Å²) in [4.78, 5) is 23.1. The Bertz CT molecular complexity index is 477. The summed E-state index contributed by atoms with van der Waals surface area (Å²) < 4.78 is 0. The molecule has 0 saturated carbocycles. The number of aliphatic carboxylic acids is 1. The minimum absolute atomic E-state index is 0.0827. The molecule has 0 aliphatic rings. The number of hydrogen-bond donors (Lipinski definition) is 3. The van der Waals surface area contributed by atoms with Crippen LogP contribution in [0.4, 0.5) is 0 Å². The van der Waals surface area contributed by atoms with Crippen LogP contribution in [0.3, 0.4) is 0 Å². The van der Waals surface area contributed by atoms with E-state index in [9.17, 15) is 14.7 Å². The van der Waals surface area contributed by atoms with Crippen LogP contribution in [0, 0.1) is 5.92 Å². The summed E-state index contributed by atoms with van der Waals surface area (Å²) in [6.45, 7) is 3.57. The van der Waals surface area contributed by atoms with Crippen molar-refractivity contribution in [2.24, 2.45) is 11.7 Å². The lowest BCUT2D eigenvalue weighted by atomic mass is 10.0. The fourth-order valence-corrected chi connectivity index (χ4v) is 1.77. The summed E-state index contributed by atoms with van der Waals surface area (Å²) in [5.74, 6) is -1.78. The number of carboxylic acids is 1. The average Bonchev–Trinajstić information content (AvgIpc) is 2.35. The first-order valence-electron chi connectivity index (χ1n) is 5.87. The molecule has 0 radical (unpaired) electrons. The number of amides is 1. The van der Waals surface area contributed by atoms with Crippen LogP contribution in [0.25, 0.3) is 0 Å². The first-order valence-corrected chi connectivity index (χ1v) is 6.25. The van der Waals surface area contributed by atoms with Crippen LogP contribution in [0.15, 0.2) is 24.3 Å². The summed E-state index contributed by atoms with van der Waals surface area (Å²) in [6, 6.07) is 4.51. The molecule has 104 valence electrons. The summed E-state index contributed by atoms with van der Waals surface area (Å²) in [5.41, 5.74) is 6.02. The molecular weight excluding hydrogens is 268 g/mol. The van der Waals surface area contributed by atoms with Gasteiger partial charge >= 0.3 is 5.97 Å². The van der Waals surface area contributed by atoms with Gasteiger partial charge in [0.05, 0.1) is 6.04 Å². The van der Waals surface area contributed by atoms with Crippen molar-refractivity contribution < 1.29 is 14.7 Å². The van der Waals surface area contributed by atoms with Gasteiger partial charge in [-0.1, -0.05) is 43.6 Å². The Labute approximate surface area is 116 Å². The molecule has 19 heavy (non-hydrogen) atoms. The molecule has 0 aliphatic heterocycles. The Hall–Kier alpha value is -1.59. The van der Waals surface area contributed by atoms with E-state index in [1.807, 2.05) is 0 Å². The molecule has 1 amide bonds. The first kappa shape index (κ1) is 15.5. The van der Waals surface area contributed by atoms with Crippen LogP contribution >= 0.6 is 11.6 Å². The van der Waals surface area contributed by atoms with E-state index in [-0.39, 0.29) is 10.9 Å². The van der Waals surface area contributed by atoms with Crippen LogP contribution in [-0.4, -0.2) is 23.0 Å². The van der Waals surface area contributed by atoms with Crippen molar-refractivity contribution in [2.75, 3.05) is 0 Å². The molecule has 1 aromatic carbocycles. The Morgan fingerprint density at radius 1 is 1.32 bits per heavy atom. The Morgan fingerprint density at radius 3 is 2.37 bits per heavy atom. The number of hydrogen-bond acceptors (Lipinski definition) is 3. The molecule has 0 spiro atoms. The van der Waals surface area contributed by atoms with Gasteiger partial charge in [-0.25, -0.2) is 4.79 Å². The van der Waals surface area contributed by atoms with Crippen molar-refractivity contribution in [3.05, 3.63) is 34.9 Å². The van der Waals surface area contributed by atoms with Gasteiger partial charge in [0, 0.05) is 10.6 Å². The van der Waals surface area contributed by atoms with E-state index in [2.05, 4.69) is 5.32 Å². The van der Waals surface area contributed by atoms with E-state index < -0.39 is 24.0 Å². The van der Waals surface area contributed by atoms with Gasteiger partial charge < -0.3 is 16.2 Å². The molecule has 0 fully saturated rings. The SMILES string of the molecule is CC(C)[C@H](N)C(=O)N[C@@H](C(=O)O)c1ccccc1Cl. The molecule has 1 rings (SSSR count). The minimum atomic E-state index is -1.20. The Morgan fingerprint density at radius 2 is 1.89 bits per heavy atom. The predicted octanol–water partition coefficient (Wildman–Crippen LogP) is 1.57. The number of nitrogens with two attached hydrogens (primary N) is 1. The Balaban J connectivity index is 2.95. The fourth-order valence-electron chi connectivity index (χ4n) is 1.52. The quantitative estimate of drug-likeness (QED) is 0.765. The molecule has 1 aromatic rings. The second kappa shape index (κ2) is 6.54. The van der Waals surface area contributed by atoms with E-state index in [1.165, 1.54) is 0 Å². The van der Waals surface area contributed by atoms with E-state index >= 15 is 0 Å². The van der Waals surface area contributed by atoms with Gasteiger partial charge in [-0.3, -0.25) is 4.79 Å². The van der Waals surface area contributed by atoms with Crippen LogP contribution in [0.2, 0.25) is 5.02 Å². The van der Waals surface area contributed by atoms with Crippen molar-refractivity contribution in [2.45, 2.75) is 25.9 Å². The molecule has 4 N–H and O–H groups in total. The second-order valence-electron chi connectivity index (χ2n) is 4.57. The maximum atomic E-state index is 11.8. The highest BCUT2D eigenvalue weighted by atomic mass is 35.5. The summed E-state index contributed by atoms with van der Waals surface area (Å²) in [6.07, 6.45) is 0. The number of carboxylic acid groups (broad SMARTS) is 1. The van der Waals surface area contributed by atoms with E-state index in [0.717, 1.165) is 0 Å². The lowest BCUT2D eigenvalue weighted by Gasteiger charge is -2.20. The van der Waals surface area contributed by atoms with Crippen LogP contribution in [-0.2, 0) is 9.59 Å². The van der Waals surface area contributed by atoms with Crippen LogP contribution < -0.4 is 11.1 Å². The van der Waals surface area contributed by atoms with Gasteiger partial charge in [0.15, 0.2) is 6.04 Å². The van der Waals surface area contributed by atoms with Crippen molar-refractivity contribution >= 4 is 23.5 Å². The van der Waals surface area contributed by atoms with Gasteiger partial charge in [-0.05, 0) is 12.0 Å². The van der Waals surface area contributed by atoms with Gasteiger partial charge in [0.1, 0.15) is 0 Å².